The second kappa shape index (κ2) is 6.19. The third-order valence-electron chi connectivity index (χ3n) is 4.00. The molecule has 0 radical (unpaired) electrons. The van der Waals surface area contributed by atoms with Crippen molar-refractivity contribution in [3.63, 3.8) is 0 Å². The maximum Gasteiger partial charge on any atom is 0.165 e. The second-order valence-electron chi connectivity index (χ2n) is 5.35. The number of phenolic OH excluding ortho intramolecular Hbond substituents is 1. The normalized spacial score (nSPS) is 18.8. The zero-order chi connectivity index (χ0) is 13.0. The number of aromatic hydroxyl groups is 1. The molecule has 0 amide bonds. The second-order valence-corrected chi connectivity index (χ2v) is 5.35. The third kappa shape index (κ3) is 3.45. The molecule has 1 saturated carbocycles. The van der Waals surface area contributed by atoms with Crippen LogP contribution in [0.4, 0.5) is 4.39 Å². The summed E-state index contributed by atoms with van der Waals surface area (Å²) in [5, 5.41) is 12.6. The van der Waals surface area contributed by atoms with Crippen LogP contribution in [0.1, 0.15) is 44.6 Å². The summed E-state index contributed by atoms with van der Waals surface area (Å²) in [5.74, 6) is -0.0700. The number of phenols is 1. The van der Waals surface area contributed by atoms with E-state index in [-0.39, 0.29) is 5.75 Å². The number of rotatable bonds is 4. The lowest BCUT2D eigenvalue weighted by Gasteiger charge is -2.28. The maximum atomic E-state index is 13.2. The zero-order valence-corrected chi connectivity index (χ0v) is 11.0. The Morgan fingerprint density at radius 2 is 2.06 bits per heavy atom. The van der Waals surface area contributed by atoms with Crippen molar-refractivity contribution in [1.82, 2.24) is 5.32 Å². The summed E-state index contributed by atoms with van der Waals surface area (Å²) in [6, 6.07) is 5.05. The van der Waals surface area contributed by atoms with Gasteiger partial charge >= 0.3 is 0 Å². The predicted octanol–water partition coefficient (Wildman–Crippen LogP) is 3.59. The minimum atomic E-state index is -0.542. The van der Waals surface area contributed by atoms with Crippen molar-refractivity contribution in [2.75, 3.05) is 0 Å². The van der Waals surface area contributed by atoms with Gasteiger partial charge in [0.1, 0.15) is 0 Å². The number of nitrogens with one attached hydrogen (secondary N) is 1. The zero-order valence-electron chi connectivity index (χ0n) is 11.0. The molecule has 0 saturated heterocycles. The lowest BCUT2D eigenvalue weighted by atomic mass is 9.84. The van der Waals surface area contributed by atoms with E-state index in [1.165, 1.54) is 44.2 Å². The summed E-state index contributed by atoms with van der Waals surface area (Å²) in [4.78, 5) is 0. The summed E-state index contributed by atoms with van der Waals surface area (Å²) < 4.78 is 13.2. The highest BCUT2D eigenvalue weighted by atomic mass is 19.1. The first-order valence-electron chi connectivity index (χ1n) is 6.87. The Morgan fingerprint density at radius 3 is 2.72 bits per heavy atom. The van der Waals surface area contributed by atoms with E-state index >= 15 is 0 Å². The lowest BCUT2D eigenvalue weighted by molar-refractivity contribution is 0.280. The molecule has 1 aromatic rings. The van der Waals surface area contributed by atoms with Gasteiger partial charge in [0.25, 0.3) is 0 Å². The van der Waals surface area contributed by atoms with Crippen LogP contribution in [0, 0.1) is 11.7 Å². The van der Waals surface area contributed by atoms with Crippen LogP contribution in [-0.4, -0.2) is 11.1 Å². The Balaban J connectivity index is 1.84. The maximum absolute atomic E-state index is 13.2. The van der Waals surface area contributed by atoms with Gasteiger partial charge in [-0.25, -0.2) is 4.39 Å². The molecule has 1 aliphatic carbocycles. The molecule has 1 aromatic carbocycles. The Kier molecular flexibility index (Phi) is 4.59. The molecule has 100 valence electrons. The fraction of sp³-hybridized carbons (Fsp3) is 0.600. The summed E-state index contributed by atoms with van der Waals surface area (Å²) in [6.07, 6.45) is 6.65. The van der Waals surface area contributed by atoms with E-state index in [2.05, 4.69) is 12.2 Å². The van der Waals surface area contributed by atoms with Gasteiger partial charge < -0.3 is 10.4 Å². The van der Waals surface area contributed by atoms with Gasteiger partial charge in [-0.05, 0) is 43.4 Å². The Morgan fingerprint density at radius 1 is 1.33 bits per heavy atom. The van der Waals surface area contributed by atoms with Crippen molar-refractivity contribution in [3.8, 4) is 5.75 Å². The summed E-state index contributed by atoms with van der Waals surface area (Å²) in [6.45, 7) is 2.88. The molecule has 1 fully saturated rings. The Labute approximate surface area is 108 Å². The van der Waals surface area contributed by atoms with Crippen LogP contribution >= 0.6 is 0 Å². The first-order valence-corrected chi connectivity index (χ1v) is 6.87. The number of hydrogen-bond donors (Lipinski definition) is 2. The van der Waals surface area contributed by atoms with Crippen LogP contribution < -0.4 is 5.32 Å². The molecular weight excluding hydrogens is 229 g/mol. The van der Waals surface area contributed by atoms with Crippen LogP contribution in [0.5, 0.6) is 5.75 Å². The van der Waals surface area contributed by atoms with Gasteiger partial charge in [-0.2, -0.15) is 0 Å². The van der Waals surface area contributed by atoms with E-state index in [4.69, 9.17) is 5.11 Å². The van der Waals surface area contributed by atoms with Gasteiger partial charge in [-0.1, -0.05) is 25.3 Å². The van der Waals surface area contributed by atoms with E-state index in [9.17, 15) is 4.39 Å². The molecule has 2 nitrogen and oxygen atoms in total. The quantitative estimate of drug-likeness (QED) is 0.857. The standard InChI is InChI=1S/C15H22FNO/c1-11(13-5-3-2-4-6-13)17-10-12-7-8-15(18)14(16)9-12/h7-9,11,13,17-18H,2-6,10H2,1H3/t11-/m0/s1. The van der Waals surface area contributed by atoms with E-state index in [0.717, 1.165) is 11.5 Å². The summed E-state index contributed by atoms with van der Waals surface area (Å²) >= 11 is 0. The topological polar surface area (TPSA) is 32.3 Å². The minimum absolute atomic E-state index is 0.279. The molecule has 18 heavy (non-hydrogen) atoms. The van der Waals surface area contributed by atoms with Gasteiger partial charge in [-0.15, -0.1) is 0 Å². The largest absolute Gasteiger partial charge is 0.505 e. The molecular formula is C15H22FNO. The molecule has 2 N–H and O–H groups in total. The molecule has 3 heteroatoms. The van der Waals surface area contributed by atoms with Crippen molar-refractivity contribution in [3.05, 3.63) is 29.6 Å². The minimum Gasteiger partial charge on any atom is -0.505 e. The van der Waals surface area contributed by atoms with Gasteiger partial charge in [0.2, 0.25) is 0 Å². The molecule has 0 bridgehead atoms. The molecule has 0 spiro atoms. The van der Waals surface area contributed by atoms with E-state index < -0.39 is 5.82 Å². The van der Waals surface area contributed by atoms with E-state index in [1.807, 2.05) is 0 Å². The smallest absolute Gasteiger partial charge is 0.165 e. The number of benzene rings is 1. The van der Waals surface area contributed by atoms with Crippen LogP contribution in [0.3, 0.4) is 0 Å². The van der Waals surface area contributed by atoms with Gasteiger partial charge in [0.15, 0.2) is 11.6 Å². The molecule has 0 aromatic heterocycles. The van der Waals surface area contributed by atoms with E-state index in [1.54, 1.807) is 6.07 Å². The molecule has 1 aliphatic rings. The van der Waals surface area contributed by atoms with Crippen molar-refractivity contribution in [2.45, 2.75) is 51.6 Å². The monoisotopic (exact) mass is 251 g/mol. The van der Waals surface area contributed by atoms with Crippen molar-refractivity contribution >= 4 is 0 Å². The average Bonchev–Trinajstić information content (AvgIpc) is 2.41. The predicted molar refractivity (Wildman–Crippen MR) is 70.9 cm³/mol. The fourth-order valence-electron chi connectivity index (χ4n) is 2.74. The Hall–Kier alpha value is -1.09. The average molecular weight is 251 g/mol. The third-order valence-corrected chi connectivity index (χ3v) is 4.00. The van der Waals surface area contributed by atoms with Gasteiger partial charge in [0, 0.05) is 12.6 Å². The first-order chi connectivity index (χ1) is 8.66. The van der Waals surface area contributed by atoms with Gasteiger partial charge in [-0.3, -0.25) is 0 Å². The highest BCUT2D eigenvalue weighted by molar-refractivity contribution is 5.27. The highest BCUT2D eigenvalue weighted by Crippen LogP contribution is 2.26. The van der Waals surface area contributed by atoms with Crippen LogP contribution in [0.15, 0.2) is 18.2 Å². The van der Waals surface area contributed by atoms with Crippen molar-refractivity contribution in [1.29, 1.82) is 0 Å². The SMILES string of the molecule is C[C@H](NCc1ccc(O)c(F)c1)C1CCCCC1. The fourth-order valence-corrected chi connectivity index (χ4v) is 2.74. The van der Waals surface area contributed by atoms with Crippen molar-refractivity contribution < 1.29 is 9.50 Å². The molecule has 0 heterocycles. The van der Waals surface area contributed by atoms with Crippen LogP contribution in [0.25, 0.3) is 0 Å². The van der Waals surface area contributed by atoms with Gasteiger partial charge in [0.05, 0.1) is 0 Å². The molecule has 0 unspecified atom stereocenters. The molecule has 0 aliphatic heterocycles. The van der Waals surface area contributed by atoms with Crippen LogP contribution in [0.2, 0.25) is 0 Å². The first kappa shape index (κ1) is 13.3. The van der Waals surface area contributed by atoms with Crippen molar-refractivity contribution in [2.24, 2.45) is 5.92 Å². The van der Waals surface area contributed by atoms with Crippen LogP contribution in [-0.2, 0) is 6.54 Å². The lowest BCUT2D eigenvalue weighted by Crippen LogP contribution is -2.34. The summed E-state index contributed by atoms with van der Waals surface area (Å²) in [5.41, 5.74) is 0.882. The molecule has 1 atom stereocenters. The summed E-state index contributed by atoms with van der Waals surface area (Å²) in [7, 11) is 0. The Bertz CT molecular complexity index is 388. The highest BCUT2D eigenvalue weighted by Gasteiger charge is 2.19. The number of halogens is 1. The molecule has 2 rings (SSSR count). The van der Waals surface area contributed by atoms with E-state index in [0.29, 0.717) is 12.6 Å². The number of hydrogen-bond acceptors (Lipinski definition) is 2.